The second-order valence-corrected chi connectivity index (χ2v) is 4.62. The third-order valence-corrected chi connectivity index (χ3v) is 2.71. The Kier molecular flexibility index (Phi) is 5.03. The predicted octanol–water partition coefficient (Wildman–Crippen LogP) is 2.31. The summed E-state index contributed by atoms with van der Waals surface area (Å²) in [4.78, 5) is 22.7. The van der Waals surface area contributed by atoms with E-state index in [0.717, 1.165) is 11.1 Å². The van der Waals surface area contributed by atoms with Crippen LogP contribution in [-0.4, -0.2) is 23.9 Å². The largest absolute Gasteiger partial charge is 0.325 e. The van der Waals surface area contributed by atoms with Crippen LogP contribution in [0.5, 0.6) is 0 Å². The standard InChI is InChI=1S/C12H16N2O2S/c1-8-4-5-10(9(2)6-8)13-12(16)14-11(15)7-17-3/h4-6H,7H2,1-3H3,(H2,13,14,15,16). The molecule has 0 fully saturated rings. The van der Waals surface area contributed by atoms with Gasteiger partial charge in [0.25, 0.3) is 0 Å². The highest BCUT2D eigenvalue weighted by molar-refractivity contribution is 7.99. The van der Waals surface area contributed by atoms with Gasteiger partial charge in [-0.15, -0.1) is 0 Å². The first kappa shape index (κ1) is 13.6. The maximum absolute atomic E-state index is 11.5. The van der Waals surface area contributed by atoms with Crippen molar-refractivity contribution in [1.82, 2.24) is 5.32 Å². The van der Waals surface area contributed by atoms with Crippen molar-refractivity contribution in [2.75, 3.05) is 17.3 Å². The zero-order valence-electron chi connectivity index (χ0n) is 10.2. The molecular formula is C12H16N2O2S. The number of imide groups is 1. The number of thioether (sulfide) groups is 1. The van der Waals surface area contributed by atoms with E-state index < -0.39 is 6.03 Å². The molecule has 0 bridgehead atoms. The summed E-state index contributed by atoms with van der Waals surface area (Å²) in [5.74, 6) is -0.0138. The van der Waals surface area contributed by atoms with Crippen LogP contribution in [0.4, 0.5) is 10.5 Å². The number of anilines is 1. The molecule has 5 heteroatoms. The van der Waals surface area contributed by atoms with Crippen molar-refractivity contribution in [1.29, 1.82) is 0 Å². The van der Waals surface area contributed by atoms with Crippen LogP contribution in [0.15, 0.2) is 18.2 Å². The summed E-state index contributed by atoms with van der Waals surface area (Å²) < 4.78 is 0. The molecule has 1 aromatic rings. The number of carbonyl (C=O) groups is 2. The van der Waals surface area contributed by atoms with Crippen LogP contribution in [-0.2, 0) is 4.79 Å². The molecule has 0 saturated carbocycles. The van der Waals surface area contributed by atoms with Gasteiger partial charge < -0.3 is 5.32 Å². The Morgan fingerprint density at radius 1 is 1.29 bits per heavy atom. The molecule has 0 heterocycles. The SMILES string of the molecule is CSCC(=O)NC(=O)Nc1ccc(C)cc1C. The molecule has 0 spiro atoms. The predicted molar refractivity (Wildman–Crippen MR) is 71.5 cm³/mol. The molecule has 92 valence electrons. The van der Waals surface area contributed by atoms with E-state index >= 15 is 0 Å². The summed E-state index contributed by atoms with van der Waals surface area (Å²) in [6, 6.07) is 5.21. The third kappa shape index (κ3) is 4.48. The van der Waals surface area contributed by atoms with Crippen molar-refractivity contribution in [2.24, 2.45) is 0 Å². The molecule has 0 aliphatic rings. The molecule has 2 N–H and O–H groups in total. The Morgan fingerprint density at radius 2 is 2.00 bits per heavy atom. The summed E-state index contributed by atoms with van der Waals surface area (Å²) in [5, 5.41) is 4.91. The fourth-order valence-corrected chi connectivity index (χ4v) is 1.74. The summed E-state index contributed by atoms with van der Waals surface area (Å²) in [5.41, 5.74) is 2.81. The van der Waals surface area contributed by atoms with E-state index in [9.17, 15) is 9.59 Å². The zero-order valence-corrected chi connectivity index (χ0v) is 11.0. The van der Waals surface area contributed by atoms with Gasteiger partial charge in [-0.25, -0.2) is 4.79 Å². The second kappa shape index (κ2) is 6.30. The molecule has 0 saturated heterocycles. The van der Waals surface area contributed by atoms with E-state index in [2.05, 4.69) is 10.6 Å². The molecular weight excluding hydrogens is 236 g/mol. The van der Waals surface area contributed by atoms with Gasteiger partial charge in [0.2, 0.25) is 5.91 Å². The van der Waals surface area contributed by atoms with Crippen molar-refractivity contribution in [3.63, 3.8) is 0 Å². The summed E-state index contributed by atoms with van der Waals surface area (Å²) in [6.45, 7) is 3.89. The van der Waals surface area contributed by atoms with Gasteiger partial charge in [-0.2, -0.15) is 11.8 Å². The average Bonchev–Trinajstić information content (AvgIpc) is 2.22. The van der Waals surface area contributed by atoms with Crippen molar-refractivity contribution in [3.8, 4) is 0 Å². The number of aryl methyl sites for hydroxylation is 2. The normalized spacial score (nSPS) is 9.82. The highest BCUT2D eigenvalue weighted by Gasteiger charge is 2.08. The number of nitrogens with one attached hydrogen (secondary N) is 2. The molecule has 1 aromatic carbocycles. The van der Waals surface area contributed by atoms with Gasteiger partial charge in [-0.1, -0.05) is 17.7 Å². The summed E-state index contributed by atoms with van der Waals surface area (Å²) in [7, 11) is 0. The van der Waals surface area contributed by atoms with Gasteiger partial charge in [0.05, 0.1) is 5.75 Å². The molecule has 4 nitrogen and oxygen atoms in total. The number of rotatable bonds is 3. The Bertz CT molecular complexity index is 433. The lowest BCUT2D eigenvalue weighted by Crippen LogP contribution is -2.35. The van der Waals surface area contributed by atoms with Crippen molar-refractivity contribution < 1.29 is 9.59 Å². The van der Waals surface area contributed by atoms with Gasteiger partial charge in [0.1, 0.15) is 0 Å². The lowest BCUT2D eigenvalue weighted by atomic mass is 10.1. The van der Waals surface area contributed by atoms with E-state index in [4.69, 9.17) is 0 Å². The molecule has 0 unspecified atom stereocenters. The second-order valence-electron chi connectivity index (χ2n) is 3.75. The first-order chi connectivity index (χ1) is 8.02. The maximum Gasteiger partial charge on any atom is 0.325 e. The molecule has 1 rings (SSSR count). The van der Waals surface area contributed by atoms with E-state index in [0.29, 0.717) is 5.69 Å². The number of urea groups is 1. The van der Waals surface area contributed by atoms with E-state index in [1.807, 2.05) is 38.3 Å². The van der Waals surface area contributed by atoms with Gasteiger partial charge in [-0.3, -0.25) is 10.1 Å². The number of amides is 3. The Balaban J connectivity index is 2.59. The lowest BCUT2D eigenvalue weighted by molar-refractivity contribution is -0.117. The van der Waals surface area contributed by atoms with Crippen molar-refractivity contribution in [3.05, 3.63) is 29.3 Å². The Hall–Kier alpha value is -1.49. The molecule has 0 aliphatic heterocycles. The highest BCUT2D eigenvalue weighted by Crippen LogP contribution is 2.15. The third-order valence-electron chi connectivity index (χ3n) is 2.16. The van der Waals surface area contributed by atoms with Crippen molar-refractivity contribution >= 4 is 29.4 Å². The Morgan fingerprint density at radius 3 is 2.59 bits per heavy atom. The number of hydrogen-bond donors (Lipinski definition) is 2. The molecule has 0 aromatic heterocycles. The number of carbonyl (C=O) groups excluding carboxylic acids is 2. The molecule has 0 radical (unpaired) electrons. The quantitative estimate of drug-likeness (QED) is 0.868. The minimum Gasteiger partial charge on any atom is -0.307 e. The van der Waals surface area contributed by atoms with Crippen LogP contribution in [0, 0.1) is 13.8 Å². The monoisotopic (exact) mass is 252 g/mol. The minimum absolute atomic E-state index is 0.278. The average molecular weight is 252 g/mol. The lowest BCUT2D eigenvalue weighted by Gasteiger charge is -2.09. The van der Waals surface area contributed by atoms with E-state index in [-0.39, 0.29) is 11.7 Å². The van der Waals surface area contributed by atoms with Crippen LogP contribution in [0.1, 0.15) is 11.1 Å². The number of benzene rings is 1. The van der Waals surface area contributed by atoms with Crippen molar-refractivity contribution in [2.45, 2.75) is 13.8 Å². The van der Waals surface area contributed by atoms with E-state index in [1.54, 1.807) is 0 Å². The van der Waals surface area contributed by atoms with Gasteiger partial charge in [-0.05, 0) is 31.7 Å². The van der Waals surface area contributed by atoms with Crippen LogP contribution in [0.2, 0.25) is 0 Å². The molecule has 0 atom stereocenters. The van der Waals surface area contributed by atoms with Gasteiger partial charge in [0, 0.05) is 5.69 Å². The van der Waals surface area contributed by atoms with Gasteiger partial charge >= 0.3 is 6.03 Å². The van der Waals surface area contributed by atoms with Crippen LogP contribution in [0.25, 0.3) is 0 Å². The summed E-state index contributed by atoms with van der Waals surface area (Å²) >= 11 is 1.37. The highest BCUT2D eigenvalue weighted by atomic mass is 32.2. The summed E-state index contributed by atoms with van der Waals surface area (Å²) in [6.07, 6.45) is 1.81. The first-order valence-electron chi connectivity index (χ1n) is 5.20. The minimum atomic E-state index is -0.490. The molecule has 17 heavy (non-hydrogen) atoms. The smallest absolute Gasteiger partial charge is 0.307 e. The van der Waals surface area contributed by atoms with E-state index in [1.165, 1.54) is 11.8 Å². The van der Waals surface area contributed by atoms with Crippen LogP contribution in [0.3, 0.4) is 0 Å². The zero-order chi connectivity index (χ0) is 12.8. The fourth-order valence-electron chi connectivity index (χ4n) is 1.40. The molecule has 3 amide bonds. The van der Waals surface area contributed by atoms with Crippen LogP contribution >= 0.6 is 11.8 Å². The maximum atomic E-state index is 11.5. The fraction of sp³-hybridized carbons (Fsp3) is 0.333. The van der Waals surface area contributed by atoms with Gasteiger partial charge in [0.15, 0.2) is 0 Å². The topological polar surface area (TPSA) is 58.2 Å². The number of hydrogen-bond acceptors (Lipinski definition) is 3. The molecule has 0 aliphatic carbocycles. The van der Waals surface area contributed by atoms with Crippen LogP contribution < -0.4 is 10.6 Å². The first-order valence-corrected chi connectivity index (χ1v) is 6.59. The Labute approximate surface area is 105 Å².